The standard InChI is InChI=1S/C16H16F3NO7S/c17-16(18,19)28(24,25)20-15(23)11-2-1-10-8-13(26-5-3-21)14(27-6-4-22)9-12(10)7-11/h1-2,7-9,21-22H,3-6H2,(H,20,23). The Kier molecular flexibility index (Phi) is 6.69. The predicted octanol–water partition coefficient (Wildman–Crippen LogP) is 1.16. The van der Waals surface area contributed by atoms with Gasteiger partial charge in [-0.25, -0.2) is 4.72 Å². The van der Waals surface area contributed by atoms with E-state index >= 15 is 0 Å². The van der Waals surface area contributed by atoms with Crippen LogP contribution in [0.1, 0.15) is 10.4 Å². The summed E-state index contributed by atoms with van der Waals surface area (Å²) >= 11 is 0. The molecule has 2 rings (SSSR count). The van der Waals surface area contributed by atoms with Crippen molar-refractivity contribution in [3.8, 4) is 11.5 Å². The number of rotatable bonds is 8. The Balaban J connectivity index is 2.39. The van der Waals surface area contributed by atoms with Crippen LogP contribution in [0.2, 0.25) is 0 Å². The van der Waals surface area contributed by atoms with Crippen molar-refractivity contribution in [1.29, 1.82) is 0 Å². The number of aliphatic hydroxyl groups excluding tert-OH is 2. The number of sulfonamides is 1. The van der Waals surface area contributed by atoms with Crippen molar-refractivity contribution in [2.75, 3.05) is 26.4 Å². The summed E-state index contributed by atoms with van der Waals surface area (Å²) in [5.74, 6) is -1.04. The minimum atomic E-state index is -5.83. The van der Waals surface area contributed by atoms with Gasteiger partial charge in [0.05, 0.1) is 13.2 Å². The van der Waals surface area contributed by atoms with E-state index in [0.717, 1.165) is 10.8 Å². The molecule has 2 aromatic carbocycles. The Morgan fingerprint density at radius 3 is 2.00 bits per heavy atom. The lowest BCUT2D eigenvalue weighted by Crippen LogP contribution is -2.40. The summed E-state index contributed by atoms with van der Waals surface area (Å²) < 4.78 is 71.0. The monoisotopic (exact) mass is 423 g/mol. The van der Waals surface area contributed by atoms with Gasteiger partial charge in [-0.15, -0.1) is 0 Å². The molecular weight excluding hydrogens is 407 g/mol. The molecule has 0 aliphatic rings. The third kappa shape index (κ3) is 5.03. The Hall–Kier alpha value is -2.57. The highest BCUT2D eigenvalue weighted by Crippen LogP contribution is 2.33. The number of fused-ring (bicyclic) bond motifs is 1. The van der Waals surface area contributed by atoms with Crippen LogP contribution in [-0.2, 0) is 10.0 Å². The number of alkyl halides is 3. The lowest BCUT2D eigenvalue weighted by atomic mass is 10.1. The second-order valence-electron chi connectivity index (χ2n) is 5.39. The maximum Gasteiger partial charge on any atom is 0.516 e. The van der Waals surface area contributed by atoms with E-state index in [4.69, 9.17) is 19.7 Å². The average molecular weight is 423 g/mol. The van der Waals surface area contributed by atoms with E-state index in [9.17, 15) is 26.4 Å². The smallest absolute Gasteiger partial charge is 0.487 e. The SMILES string of the molecule is O=C(NS(=O)(=O)C(F)(F)F)c1ccc2cc(OCCO)c(OCCO)cc2c1. The molecule has 0 aliphatic carbocycles. The number of carbonyl (C=O) groups excluding carboxylic acids is 1. The molecule has 0 aromatic heterocycles. The number of hydrogen-bond donors (Lipinski definition) is 3. The molecular formula is C16H16F3NO7S. The van der Waals surface area contributed by atoms with Crippen molar-refractivity contribution >= 4 is 26.7 Å². The summed E-state index contributed by atoms with van der Waals surface area (Å²) in [6, 6.07) is 6.62. The molecule has 0 saturated heterocycles. The number of hydrogen-bond acceptors (Lipinski definition) is 7. The van der Waals surface area contributed by atoms with Crippen molar-refractivity contribution in [2.24, 2.45) is 0 Å². The zero-order valence-corrected chi connectivity index (χ0v) is 15.0. The lowest BCUT2D eigenvalue weighted by molar-refractivity contribution is -0.0446. The summed E-state index contributed by atoms with van der Waals surface area (Å²) in [7, 11) is -5.83. The highest BCUT2D eigenvalue weighted by Gasteiger charge is 2.47. The summed E-state index contributed by atoms with van der Waals surface area (Å²) in [5, 5.41) is 18.6. The fraction of sp³-hybridized carbons (Fsp3) is 0.312. The molecule has 0 heterocycles. The maximum atomic E-state index is 12.4. The Morgan fingerprint density at radius 2 is 1.50 bits per heavy atom. The highest BCUT2D eigenvalue weighted by atomic mass is 32.2. The van der Waals surface area contributed by atoms with E-state index < -0.39 is 21.4 Å². The number of aliphatic hydroxyl groups is 2. The van der Waals surface area contributed by atoms with Crippen molar-refractivity contribution < 1.29 is 46.1 Å². The molecule has 1 amide bonds. The second-order valence-corrected chi connectivity index (χ2v) is 7.06. The third-order valence-electron chi connectivity index (χ3n) is 3.39. The van der Waals surface area contributed by atoms with Crippen molar-refractivity contribution in [2.45, 2.75) is 5.51 Å². The van der Waals surface area contributed by atoms with Crippen LogP contribution < -0.4 is 14.2 Å². The highest BCUT2D eigenvalue weighted by molar-refractivity contribution is 7.90. The van der Waals surface area contributed by atoms with E-state index in [2.05, 4.69) is 0 Å². The molecule has 0 unspecified atom stereocenters. The normalized spacial score (nSPS) is 12.0. The number of amides is 1. The number of ether oxygens (including phenoxy) is 2. The Morgan fingerprint density at radius 1 is 0.964 bits per heavy atom. The van der Waals surface area contributed by atoms with Crippen molar-refractivity contribution in [3.05, 3.63) is 35.9 Å². The fourth-order valence-corrected chi connectivity index (χ4v) is 2.65. The molecule has 0 bridgehead atoms. The van der Waals surface area contributed by atoms with Gasteiger partial charge in [-0.3, -0.25) is 4.79 Å². The molecule has 0 fully saturated rings. The van der Waals surface area contributed by atoms with E-state index in [1.165, 1.54) is 24.3 Å². The molecule has 8 nitrogen and oxygen atoms in total. The first-order valence-corrected chi connectivity index (χ1v) is 9.26. The molecule has 0 saturated carbocycles. The van der Waals surface area contributed by atoms with E-state index in [-0.39, 0.29) is 43.5 Å². The van der Waals surface area contributed by atoms with Gasteiger partial charge >= 0.3 is 15.5 Å². The largest absolute Gasteiger partial charge is 0.516 e. The van der Waals surface area contributed by atoms with E-state index in [0.29, 0.717) is 10.8 Å². The maximum absolute atomic E-state index is 12.4. The minimum absolute atomic E-state index is 0.0310. The second kappa shape index (κ2) is 8.63. The van der Waals surface area contributed by atoms with Crippen LogP contribution >= 0.6 is 0 Å². The van der Waals surface area contributed by atoms with Gasteiger partial charge in [0, 0.05) is 5.56 Å². The Bertz CT molecular complexity index is 961. The van der Waals surface area contributed by atoms with Crippen molar-refractivity contribution in [3.63, 3.8) is 0 Å². The molecule has 0 radical (unpaired) electrons. The van der Waals surface area contributed by atoms with Gasteiger partial charge in [-0.1, -0.05) is 6.07 Å². The quantitative estimate of drug-likeness (QED) is 0.582. The number of nitrogens with one attached hydrogen (secondary N) is 1. The van der Waals surface area contributed by atoms with Crippen LogP contribution in [0.5, 0.6) is 11.5 Å². The van der Waals surface area contributed by atoms with Crippen LogP contribution in [0.3, 0.4) is 0 Å². The van der Waals surface area contributed by atoms with Gasteiger partial charge in [0.2, 0.25) is 0 Å². The lowest BCUT2D eigenvalue weighted by Gasteiger charge is -2.14. The summed E-state index contributed by atoms with van der Waals surface area (Å²) in [6.07, 6.45) is 0. The topological polar surface area (TPSA) is 122 Å². The van der Waals surface area contributed by atoms with Gasteiger partial charge in [-0.2, -0.15) is 21.6 Å². The first-order chi connectivity index (χ1) is 13.1. The van der Waals surface area contributed by atoms with E-state index in [1.54, 1.807) is 0 Å². The molecule has 28 heavy (non-hydrogen) atoms. The molecule has 0 spiro atoms. The first-order valence-electron chi connectivity index (χ1n) is 7.77. The van der Waals surface area contributed by atoms with Gasteiger partial charge in [-0.05, 0) is 35.0 Å². The molecule has 154 valence electrons. The number of carbonyl (C=O) groups is 1. The van der Waals surface area contributed by atoms with Crippen LogP contribution in [-0.4, -0.2) is 56.5 Å². The first kappa shape index (κ1) is 21.7. The minimum Gasteiger partial charge on any atom is -0.487 e. The van der Waals surface area contributed by atoms with Gasteiger partial charge < -0.3 is 19.7 Å². The summed E-state index contributed by atoms with van der Waals surface area (Å²) in [4.78, 5) is 11.9. The Labute approximate surface area is 157 Å². The molecule has 2 aromatic rings. The van der Waals surface area contributed by atoms with Crippen LogP contribution in [0.4, 0.5) is 13.2 Å². The molecule has 3 N–H and O–H groups in total. The van der Waals surface area contributed by atoms with Crippen LogP contribution in [0.15, 0.2) is 30.3 Å². The van der Waals surface area contributed by atoms with Gasteiger partial charge in [0.1, 0.15) is 13.2 Å². The van der Waals surface area contributed by atoms with Crippen LogP contribution in [0, 0.1) is 0 Å². The van der Waals surface area contributed by atoms with Crippen LogP contribution in [0.25, 0.3) is 10.8 Å². The number of benzene rings is 2. The molecule has 0 aliphatic heterocycles. The van der Waals surface area contributed by atoms with E-state index in [1.807, 2.05) is 0 Å². The van der Waals surface area contributed by atoms with Gasteiger partial charge in [0.25, 0.3) is 5.91 Å². The zero-order chi connectivity index (χ0) is 20.9. The van der Waals surface area contributed by atoms with Gasteiger partial charge in [0.15, 0.2) is 11.5 Å². The predicted molar refractivity (Wildman–Crippen MR) is 91.6 cm³/mol. The third-order valence-corrected chi connectivity index (χ3v) is 4.46. The zero-order valence-electron chi connectivity index (χ0n) is 14.2. The average Bonchev–Trinajstić information content (AvgIpc) is 2.62. The van der Waals surface area contributed by atoms with Crippen molar-refractivity contribution in [1.82, 2.24) is 4.72 Å². The summed E-state index contributed by atoms with van der Waals surface area (Å²) in [6.45, 7) is -0.665. The summed E-state index contributed by atoms with van der Waals surface area (Å²) in [5.41, 5.74) is -5.94. The molecule has 12 heteroatoms. The molecule has 0 atom stereocenters. The fourth-order valence-electron chi connectivity index (χ4n) is 2.17. The number of halogens is 3.